The van der Waals surface area contributed by atoms with Crippen LogP contribution in [0.25, 0.3) is 0 Å². The van der Waals surface area contributed by atoms with Gasteiger partial charge in [-0.2, -0.15) is 0 Å². The highest BCUT2D eigenvalue weighted by atomic mass is 16.5. The topological polar surface area (TPSA) is 35.5 Å². The Bertz CT molecular complexity index is 211. The number of methoxy groups -OCH3 is 1. The molecular formula is C12H22O3. The van der Waals surface area contributed by atoms with E-state index in [0.717, 1.165) is 26.1 Å². The highest BCUT2D eigenvalue weighted by Crippen LogP contribution is 2.37. The highest BCUT2D eigenvalue weighted by molar-refractivity contribution is 5.73. The second kappa shape index (κ2) is 4.97. The zero-order chi connectivity index (χ0) is 11.5. The maximum Gasteiger partial charge on any atom is 0.309 e. The van der Waals surface area contributed by atoms with Gasteiger partial charge in [-0.05, 0) is 24.2 Å². The third-order valence-electron chi connectivity index (χ3n) is 3.13. The summed E-state index contributed by atoms with van der Waals surface area (Å²) >= 11 is 0. The van der Waals surface area contributed by atoms with Crippen LogP contribution in [-0.4, -0.2) is 26.3 Å². The first-order chi connectivity index (χ1) is 6.96. The molecule has 1 fully saturated rings. The second-order valence-corrected chi connectivity index (χ2v) is 5.32. The molecule has 1 heterocycles. The summed E-state index contributed by atoms with van der Waals surface area (Å²) in [5.41, 5.74) is -0.0326. The average molecular weight is 214 g/mol. The predicted molar refractivity (Wildman–Crippen MR) is 58.5 cm³/mol. The minimum absolute atomic E-state index is 0.00796. The van der Waals surface area contributed by atoms with Crippen molar-refractivity contribution in [3.05, 3.63) is 0 Å². The third kappa shape index (κ3) is 3.20. The van der Waals surface area contributed by atoms with Crippen LogP contribution in [0.15, 0.2) is 0 Å². The molecule has 0 aromatic carbocycles. The third-order valence-corrected chi connectivity index (χ3v) is 3.13. The second-order valence-electron chi connectivity index (χ2n) is 5.32. The molecule has 0 aromatic heterocycles. The molecule has 1 aliphatic rings. The summed E-state index contributed by atoms with van der Waals surface area (Å²) in [6.45, 7) is 7.85. The number of rotatable bonds is 2. The van der Waals surface area contributed by atoms with Gasteiger partial charge in [0, 0.05) is 13.2 Å². The Morgan fingerprint density at radius 3 is 2.27 bits per heavy atom. The SMILES string of the molecule is COC(=O)C(C1CCOCC1)C(C)(C)C. The number of ether oxygens (including phenoxy) is 2. The van der Waals surface area contributed by atoms with Gasteiger partial charge in [-0.3, -0.25) is 4.79 Å². The van der Waals surface area contributed by atoms with Crippen LogP contribution in [0.1, 0.15) is 33.6 Å². The van der Waals surface area contributed by atoms with Crippen molar-refractivity contribution in [2.75, 3.05) is 20.3 Å². The largest absolute Gasteiger partial charge is 0.469 e. The van der Waals surface area contributed by atoms with Crippen molar-refractivity contribution in [3.63, 3.8) is 0 Å². The predicted octanol–water partition coefficient (Wildman–Crippen LogP) is 2.25. The average Bonchev–Trinajstić information content (AvgIpc) is 2.17. The van der Waals surface area contributed by atoms with Crippen molar-refractivity contribution >= 4 is 5.97 Å². The van der Waals surface area contributed by atoms with Crippen molar-refractivity contribution in [3.8, 4) is 0 Å². The Morgan fingerprint density at radius 1 is 1.33 bits per heavy atom. The summed E-state index contributed by atoms with van der Waals surface area (Å²) in [6.07, 6.45) is 1.94. The standard InChI is InChI=1S/C12H22O3/c1-12(2,3)10(11(13)14-4)9-5-7-15-8-6-9/h9-10H,5-8H2,1-4H3. The van der Waals surface area contributed by atoms with Crippen molar-refractivity contribution in [1.29, 1.82) is 0 Å². The molecule has 88 valence electrons. The van der Waals surface area contributed by atoms with Crippen molar-refractivity contribution in [1.82, 2.24) is 0 Å². The molecule has 0 spiro atoms. The van der Waals surface area contributed by atoms with Gasteiger partial charge in [0.1, 0.15) is 0 Å². The lowest BCUT2D eigenvalue weighted by atomic mass is 9.70. The van der Waals surface area contributed by atoms with Crippen molar-refractivity contribution in [2.24, 2.45) is 17.3 Å². The van der Waals surface area contributed by atoms with E-state index >= 15 is 0 Å². The molecule has 1 aliphatic heterocycles. The van der Waals surface area contributed by atoms with Gasteiger partial charge in [0.15, 0.2) is 0 Å². The summed E-state index contributed by atoms with van der Waals surface area (Å²) in [5, 5.41) is 0. The maximum absolute atomic E-state index is 11.8. The molecule has 0 amide bonds. The highest BCUT2D eigenvalue weighted by Gasteiger charge is 2.39. The van der Waals surface area contributed by atoms with Crippen LogP contribution in [0.2, 0.25) is 0 Å². The van der Waals surface area contributed by atoms with E-state index in [0.29, 0.717) is 5.92 Å². The molecule has 15 heavy (non-hydrogen) atoms. The molecular weight excluding hydrogens is 192 g/mol. The first-order valence-corrected chi connectivity index (χ1v) is 5.62. The quantitative estimate of drug-likeness (QED) is 0.661. The Balaban J connectivity index is 2.75. The van der Waals surface area contributed by atoms with E-state index in [1.54, 1.807) is 0 Å². The van der Waals surface area contributed by atoms with Gasteiger partial charge in [-0.1, -0.05) is 20.8 Å². The van der Waals surface area contributed by atoms with Crippen LogP contribution in [0.4, 0.5) is 0 Å². The smallest absolute Gasteiger partial charge is 0.309 e. The lowest BCUT2D eigenvalue weighted by Gasteiger charge is -2.36. The van der Waals surface area contributed by atoms with Gasteiger partial charge in [0.25, 0.3) is 0 Å². The summed E-state index contributed by atoms with van der Waals surface area (Å²) in [4.78, 5) is 11.8. The van der Waals surface area contributed by atoms with E-state index in [4.69, 9.17) is 9.47 Å². The maximum atomic E-state index is 11.8. The number of esters is 1. The van der Waals surface area contributed by atoms with Crippen LogP contribution in [0, 0.1) is 17.3 Å². The summed E-state index contributed by atoms with van der Waals surface area (Å²) < 4.78 is 10.2. The van der Waals surface area contributed by atoms with Crippen molar-refractivity contribution < 1.29 is 14.3 Å². The Kier molecular flexibility index (Phi) is 4.14. The van der Waals surface area contributed by atoms with Gasteiger partial charge >= 0.3 is 5.97 Å². The Hall–Kier alpha value is -0.570. The van der Waals surface area contributed by atoms with Gasteiger partial charge in [-0.15, -0.1) is 0 Å². The van der Waals surface area contributed by atoms with Gasteiger partial charge in [0.2, 0.25) is 0 Å². The molecule has 1 atom stereocenters. The lowest BCUT2D eigenvalue weighted by molar-refractivity contribution is -0.154. The minimum atomic E-state index is -0.0746. The molecule has 0 bridgehead atoms. The van der Waals surface area contributed by atoms with Crippen LogP contribution in [-0.2, 0) is 14.3 Å². The molecule has 0 aromatic rings. The van der Waals surface area contributed by atoms with Crippen LogP contribution in [0.3, 0.4) is 0 Å². The van der Waals surface area contributed by atoms with Crippen molar-refractivity contribution in [2.45, 2.75) is 33.6 Å². The van der Waals surface area contributed by atoms with E-state index < -0.39 is 0 Å². The molecule has 1 rings (SSSR count). The fourth-order valence-electron chi connectivity index (χ4n) is 2.43. The van der Waals surface area contributed by atoms with Crippen LogP contribution >= 0.6 is 0 Å². The van der Waals surface area contributed by atoms with Gasteiger partial charge < -0.3 is 9.47 Å². The number of hydrogen-bond acceptors (Lipinski definition) is 3. The fraction of sp³-hybridized carbons (Fsp3) is 0.917. The number of carbonyl (C=O) groups excluding carboxylic acids is 1. The lowest BCUT2D eigenvalue weighted by Crippen LogP contribution is -2.38. The molecule has 0 aliphatic carbocycles. The molecule has 1 saturated heterocycles. The zero-order valence-electron chi connectivity index (χ0n) is 10.2. The first kappa shape index (κ1) is 12.5. The zero-order valence-corrected chi connectivity index (χ0v) is 10.2. The normalized spacial score (nSPS) is 21.1. The molecule has 3 nitrogen and oxygen atoms in total. The number of hydrogen-bond donors (Lipinski definition) is 0. The summed E-state index contributed by atoms with van der Waals surface area (Å²) in [7, 11) is 1.47. The Morgan fingerprint density at radius 2 is 1.87 bits per heavy atom. The van der Waals surface area contributed by atoms with Crippen LogP contribution in [0.5, 0.6) is 0 Å². The van der Waals surface area contributed by atoms with E-state index in [9.17, 15) is 4.79 Å². The minimum Gasteiger partial charge on any atom is -0.469 e. The fourth-order valence-corrected chi connectivity index (χ4v) is 2.43. The molecule has 1 unspecified atom stereocenters. The molecule has 0 N–H and O–H groups in total. The molecule has 3 heteroatoms. The van der Waals surface area contributed by atoms with Gasteiger partial charge in [0.05, 0.1) is 13.0 Å². The molecule has 0 radical (unpaired) electrons. The summed E-state index contributed by atoms with van der Waals surface area (Å²) in [6, 6.07) is 0. The van der Waals surface area contributed by atoms with Crippen LogP contribution < -0.4 is 0 Å². The van der Waals surface area contributed by atoms with E-state index in [-0.39, 0.29) is 17.3 Å². The summed E-state index contributed by atoms with van der Waals surface area (Å²) in [5.74, 6) is 0.326. The number of carbonyl (C=O) groups is 1. The Labute approximate surface area is 92.1 Å². The van der Waals surface area contributed by atoms with Gasteiger partial charge in [-0.25, -0.2) is 0 Å². The van der Waals surface area contributed by atoms with E-state index in [1.165, 1.54) is 7.11 Å². The molecule has 0 saturated carbocycles. The van der Waals surface area contributed by atoms with E-state index in [1.807, 2.05) is 0 Å². The monoisotopic (exact) mass is 214 g/mol. The first-order valence-electron chi connectivity index (χ1n) is 5.62. The van der Waals surface area contributed by atoms with E-state index in [2.05, 4.69) is 20.8 Å².